The van der Waals surface area contributed by atoms with Gasteiger partial charge in [-0.3, -0.25) is 10.2 Å². The zero-order valence-corrected chi connectivity index (χ0v) is 13.2. The number of nitrogens with one attached hydrogen (secondary N) is 2. The highest BCUT2D eigenvalue weighted by molar-refractivity contribution is 6.32. The van der Waals surface area contributed by atoms with Gasteiger partial charge < -0.3 is 14.5 Å². The predicted molar refractivity (Wildman–Crippen MR) is 82.4 cm³/mol. The van der Waals surface area contributed by atoms with Crippen LogP contribution in [0.5, 0.6) is 5.75 Å². The minimum atomic E-state index is -4.43. The van der Waals surface area contributed by atoms with E-state index in [-0.39, 0.29) is 12.4 Å². The van der Waals surface area contributed by atoms with Crippen molar-refractivity contribution in [3.05, 3.63) is 46.9 Å². The Hall–Kier alpha value is -2.39. The minimum absolute atomic E-state index is 0.0688. The van der Waals surface area contributed by atoms with Crippen LogP contribution in [0.15, 0.2) is 34.9 Å². The maximum absolute atomic E-state index is 12.4. The second kappa shape index (κ2) is 9.04. The van der Waals surface area contributed by atoms with Crippen molar-refractivity contribution >= 4 is 23.7 Å². The van der Waals surface area contributed by atoms with Crippen LogP contribution >= 0.6 is 11.6 Å². The molecular formula is C14H15ClF3N3O3. The third-order valence-electron chi connectivity index (χ3n) is 2.64. The van der Waals surface area contributed by atoms with Crippen LogP contribution in [-0.4, -0.2) is 13.5 Å². The number of nitrogens with two attached hydrogens (primary N) is 1. The average molecular weight is 366 g/mol. The van der Waals surface area contributed by atoms with Crippen LogP contribution in [0, 0.1) is 0 Å². The fraction of sp³-hybridized carbons (Fsp3) is 0.214. The first-order valence-electron chi connectivity index (χ1n) is 6.47. The predicted octanol–water partition coefficient (Wildman–Crippen LogP) is 3.18. The molecule has 0 radical (unpaired) electrons. The summed E-state index contributed by atoms with van der Waals surface area (Å²) in [4.78, 5) is 8.94. The molecule has 0 bridgehead atoms. The van der Waals surface area contributed by atoms with E-state index < -0.39 is 11.7 Å². The van der Waals surface area contributed by atoms with Crippen LogP contribution in [-0.2, 0) is 17.6 Å². The van der Waals surface area contributed by atoms with E-state index in [2.05, 4.69) is 11.2 Å². The summed E-state index contributed by atoms with van der Waals surface area (Å²) in [5.74, 6) is 4.84. The molecule has 0 aliphatic carbocycles. The molecule has 24 heavy (non-hydrogen) atoms. The van der Waals surface area contributed by atoms with Crippen LogP contribution in [0.25, 0.3) is 0 Å². The monoisotopic (exact) mass is 365 g/mol. The zero-order chi connectivity index (χ0) is 18.2. The zero-order valence-electron chi connectivity index (χ0n) is 12.5. The Morgan fingerprint density at radius 2 is 2.08 bits per heavy atom. The van der Waals surface area contributed by atoms with E-state index in [1.165, 1.54) is 0 Å². The Kier molecular flexibility index (Phi) is 7.40. The normalized spacial score (nSPS) is 10.4. The van der Waals surface area contributed by atoms with E-state index in [4.69, 9.17) is 25.5 Å². The van der Waals surface area contributed by atoms with Crippen molar-refractivity contribution in [2.45, 2.75) is 12.8 Å². The number of carbonyl (C=O) groups excluding carboxylic acids is 1. The van der Waals surface area contributed by atoms with E-state index in [1.807, 2.05) is 0 Å². The number of carbonyl (C=O) groups is 1. The Morgan fingerprint density at radius 1 is 1.42 bits per heavy atom. The molecule has 1 heterocycles. The minimum Gasteiger partial charge on any atom is -0.482 e. The molecule has 4 N–H and O–H groups in total. The molecule has 2 rings (SSSR count). The molecule has 132 valence electrons. The molecule has 1 amide bonds. The van der Waals surface area contributed by atoms with Gasteiger partial charge in [0.25, 0.3) is 0 Å². The molecule has 0 fully saturated rings. The number of hydrazine groups is 1. The Labute approximate surface area is 140 Å². The maximum atomic E-state index is 12.4. The van der Waals surface area contributed by atoms with Gasteiger partial charge in [-0.15, -0.1) is 0 Å². The summed E-state index contributed by atoms with van der Waals surface area (Å²) in [5, 5.41) is 3.24. The smallest absolute Gasteiger partial charge is 0.419 e. The highest BCUT2D eigenvalue weighted by Gasteiger charge is 2.32. The van der Waals surface area contributed by atoms with Crippen molar-refractivity contribution in [2.24, 2.45) is 5.84 Å². The summed E-state index contributed by atoms with van der Waals surface area (Å²) in [5.41, 5.74) is 1.55. The Balaban J connectivity index is 0.000000648. The Bertz CT molecular complexity index is 662. The standard InChI is InChI=1S/C13H11ClF3NO2.CH4N2O/c1-18-11-4-2-3-10(14)12(11)20-7-9-5-8(6-19-9)13(15,16)17;2-3-1-4/h2-6,18H,7H2,1H3;1H,2H2,(H,3,4). The van der Waals surface area contributed by atoms with Gasteiger partial charge in [0.2, 0.25) is 6.41 Å². The van der Waals surface area contributed by atoms with Crippen LogP contribution in [0.3, 0.4) is 0 Å². The molecule has 10 heteroatoms. The summed E-state index contributed by atoms with van der Waals surface area (Å²) >= 11 is 5.98. The first-order chi connectivity index (χ1) is 11.3. The van der Waals surface area contributed by atoms with E-state index in [0.29, 0.717) is 29.1 Å². The van der Waals surface area contributed by atoms with Crippen LogP contribution < -0.4 is 21.3 Å². The Morgan fingerprint density at radius 3 is 2.58 bits per heavy atom. The van der Waals surface area contributed by atoms with Gasteiger partial charge >= 0.3 is 6.18 Å². The SMILES string of the molecule is CNc1cccc(Cl)c1OCc1cc(C(F)(F)F)co1.NNC=O. The number of hydrogen-bond acceptors (Lipinski definition) is 5. The first kappa shape index (κ1) is 19.7. The molecule has 0 atom stereocenters. The van der Waals surface area contributed by atoms with Crippen molar-refractivity contribution in [3.8, 4) is 5.75 Å². The molecule has 6 nitrogen and oxygen atoms in total. The first-order valence-corrected chi connectivity index (χ1v) is 6.84. The second-order valence-electron chi connectivity index (χ2n) is 4.24. The molecule has 0 saturated carbocycles. The number of amides is 1. The summed E-state index contributed by atoms with van der Waals surface area (Å²) in [6.07, 6.45) is -3.37. The van der Waals surface area contributed by atoms with Crippen molar-refractivity contribution in [1.29, 1.82) is 0 Å². The molecule has 0 aliphatic heterocycles. The summed E-state index contributed by atoms with van der Waals surface area (Å²) in [6, 6.07) is 6.00. The fourth-order valence-electron chi connectivity index (χ4n) is 1.60. The lowest BCUT2D eigenvalue weighted by molar-refractivity contribution is -0.137. The van der Waals surface area contributed by atoms with E-state index in [1.54, 1.807) is 30.7 Å². The molecule has 0 spiro atoms. The van der Waals surface area contributed by atoms with Crippen molar-refractivity contribution in [3.63, 3.8) is 0 Å². The molecule has 0 aliphatic rings. The number of alkyl halides is 3. The second-order valence-corrected chi connectivity index (χ2v) is 4.65. The number of hydrogen-bond donors (Lipinski definition) is 3. The van der Waals surface area contributed by atoms with Gasteiger partial charge in [0, 0.05) is 7.05 Å². The third-order valence-corrected chi connectivity index (χ3v) is 2.94. The average Bonchev–Trinajstić information content (AvgIpc) is 3.03. The van der Waals surface area contributed by atoms with Gasteiger partial charge in [0.05, 0.1) is 16.3 Å². The number of anilines is 1. The van der Waals surface area contributed by atoms with Gasteiger partial charge in [-0.05, 0) is 18.2 Å². The number of rotatable bonds is 5. The number of benzene rings is 1. The van der Waals surface area contributed by atoms with E-state index in [0.717, 1.165) is 6.07 Å². The highest BCUT2D eigenvalue weighted by atomic mass is 35.5. The van der Waals surface area contributed by atoms with Crippen molar-refractivity contribution in [2.75, 3.05) is 12.4 Å². The number of ether oxygens (including phenoxy) is 1. The molecule has 1 aromatic carbocycles. The van der Waals surface area contributed by atoms with E-state index >= 15 is 0 Å². The van der Waals surface area contributed by atoms with Crippen LogP contribution in [0.4, 0.5) is 18.9 Å². The van der Waals surface area contributed by atoms with Gasteiger partial charge in [-0.1, -0.05) is 17.7 Å². The lowest BCUT2D eigenvalue weighted by atomic mass is 10.3. The van der Waals surface area contributed by atoms with Gasteiger partial charge in [0.15, 0.2) is 5.75 Å². The summed E-state index contributed by atoms with van der Waals surface area (Å²) in [6.45, 7) is -0.144. The van der Waals surface area contributed by atoms with Gasteiger partial charge in [0.1, 0.15) is 18.6 Å². The quantitative estimate of drug-likeness (QED) is 0.328. The van der Waals surface area contributed by atoms with Crippen LogP contribution in [0.1, 0.15) is 11.3 Å². The molecule has 1 aromatic heterocycles. The largest absolute Gasteiger partial charge is 0.482 e. The van der Waals surface area contributed by atoms with Crippen molar-refractivity contribution in [1.82, 2.24) is 5.43 Å². The summed E-state index contributed by atoms with van der Waals surface area (Å²) < 4.78 is 47.5. The van der Waals surface area contributed by atoms with E-state index in [9.17, 15) is 13.2 Å². The topological polar surface area (TPSA) is 89.5 Å². The van der Waals surface area contributed by atoms with Crippen molar-refractivity contribution < 1.29 is 27.1 Å². The summed E-state index contributed by atoms with van der Waals surface area (Å²) in [7, 11) is 1.69. The molecule has 2 aromatic rings. The maximum Gasteiger partial charge on any atom is 0.419 e. The number of para-hydroxylation sites is 1. The lowest BCUT2D eigenvalue weighted by Crippen LogP contribution is -2.18. The van der Waals surface area contributed by atoms with Gasteiger partial charge in [-0.25, -0.2) is 5.84 Å². The highest BCUT2D eigenvalue weighted by Crippen LogP contribution is 2.34. The molecular weight excluding hydrogens is 351 g/mol. The number of furan rings is 1. The molecule has 0 saturated heterocycles. The molecule has 0 unspecified atom stereocenters. The fourth-order valence-corrected chi connectivity index (χ4v) is 1.83. The van der Waals surface area contributed by atoms with Gasteiger partial charge in [-0.2, -0.15) is 13.2 Å². The number of halogens is 4. The lowest BCUT2D eigenvalue weighted by Gasteiger charge is -2.11. The third kappa shape index (κ3) is 5.67. The van der Waals surface area contributed by atoms with Crippen LogP contribution in [0.2, 0.25) is 5.02 Å².